The predicted octanol–water partition coefficient (Wildman–Crippen LogP) is 7.59. The molecule has 4 nitrogen and oxygen atoms in total. The lowest BCUT2D eigenvalue weighted by atomic mass is 9.68. The Morgan fingerprint density at radius 2 is 1.84 bits per heavy atom. The molecule has 6 rings (SSSR count). The quantitative estimate of drug-likeness (QED) is 0.355. The van der Waals surface area contributed by atoms with Crippen LogP contribution >= 0.6 is 0 Å². The zero-order valence-corrected chi connectivity index (χ0v) is 22.3. The molecule has 0 bridgehead atoms. The van der Waals surface area contributed by atoms with Crippen molar-refractivity contribution in [1.82, 2.24) is 15.1 Å². The third-order valence-corrected chi connectivity index (χ3v) is 9.48. The van der Waals surface area contributed by atoms with Gasteiger partial charge >= 0.3 is 0 Å². The minimum Gasteiger partial charge on any atom is -0.349 e. The first-order chi connectivity index (χ1) is 18.5. The number of halogens is 1. The minimum atomic E-state index is -0.238. The van der Waals surface area contributed by atoms with E-state index in [1.807, 2.05) is 16.9 Å². The number of carbonyl (C=O) groups excluding carboxylic acids is 1. The fourth-order valence-corrected chi connectivity index (χ4v) is 7.25. The van der Waals surface area contributed by atoms with Gasteiger partial charge in [-0.05, 0) is 97.2 Å². The molecule has 198 valence electrons. The molecular formula is C33H38FN3O. The molecule has 1 heterocycles. The van der Waals surface area contributed by atoms with Gasteiger partial charge in [-0.3, -0.25) is 4.79 Å². The van der Waals surface area contributed by atoms with Gasteiger partial charge in [0, 0.05) is 6.42 Å². The van der Waals surface area contributed by atoms with Crippen molar-refractivity contribution in [3.05, 3.63) is 89.0 Å². The molecule has 2 saturated carbocycles. The van der Waals surface area contributed by atoms with Crippen LogP contribution in [0, 0.1) is 23.1 Å². The standard InChI is InChI=1S/C33H38FN3O/c1-33-21-25-22-35-37(29-16-14-28(34)15-17-29)31(25)20-27(33)13-12-26(33)19-30(24-10-6-3-7-11-24)36-32(38)18-23-8-4-2-5-9-23/h3,6-7,10-11,14-17,20,22-23,26,30H,2,4-5,8-9,12-13,18-19,21H2,1H3,(H,36,38)/t26-,30?,33-/m1/s1. The van der Waals surface area contributed by atoms with Gasteiger partial charge in [-0.2, -0.15) is 5.10 Å². The second-order valence-corrected chi connectivity index (χ2v) is 11.9. The number of hydrogen-bond acceptors (Lipinski definition) is 2. The first-order valence-corrected chi connectivity index (χ1v) is 14.4. The highest BCUT2D eigenvalue weighted by molar-refractivity contribution is 5.76. The lowest BCUT2D eigenvalue weighted by molar-refractivity contribution is -0.123. The van der Waals surface area contributed by atoms with Crippen LogP contribution in [-0.2, 0) is 11.2 Å². The number of aromatic nitrogens is 2. The highest BCUT2D eigenvalue weighted by Crippen LogP contribution is 2.55. The number of benzene rings is 2. The Labute approximate surface area is 225 Å². The van der Waals surface area contributed by atoms with Crippen molar-refractivity contribution in [2.75, 3.05) is 0 Å². The number of hydrogen-bond donors (Lipinski definition) is 1. The Hall–Kier alpha value is -3.21. The van der Waals surface area contributed by atoms with Gasteiger partial charge in [-0.1, -0.05) is 62.1 Å². The van der Waals surface area contributed by atoms with Crippen LogP contribution in [0.1, 0.15) is 87.6 Å². The van der Waals surface area contributed by atoms with E-state index in [9.17, 15) is 9.18 Å². The second-order valence-electron chi connectivity index (χ2n) is 11.9. The number of nitrogens with zero attached hydrogens (tertiary/aromatic N) is 2. The van der Waals surface area contributed by atoms with Crippen molar-refractivity contribution in [1.29, 1.82) is 0 Å². The van der Waals surface area contributed by atoms with Crippen LogP contribution in [0.3, 0.4) is 0 Å². The van der Waals surface area contributed by atoms with Crippen LogP contribution in [0.15, 0.2) is 66.4 Å². The van der Waals surface area contributed by atoms with Crippen molar-refractivity contribution in [3.63, 3.8) is 0 Å². The van der Waals surface area contributed by atoms with Gasteiger partial charge in [0.1, 0.15) is 5.82 Å². The molecule has 3 atom stereocenters. The third-order valence-electron chi connectivity index (χ3n) is 9.48. The summed E-state index contributed by atoms with van der Waals surface area (Å²) in [6, 6.07) is 17.1. The fourth-order valence-electron chi connectivity index (χ4n) is 7.25. The fraction of sp³-hybridized carbons (Fsp3) is 0.455. The molecular weight excluding hydrogens is 473 g/mol. The van der Waals surface area contributed by atoms with Gasteiger partial charge in [0.15, 0.2) is 0 Å². The van der Waals surface area contributed by atoms with Gasteiger partial charge in [-0.15, -0.1) is 0 Å². The van der Waals surface area contributed by atoms with E-state index in [-0.39, 0.29) is 23.2 Å². The van der Waals surface area contributed by atoms with Crippen molar-refractivity contribution >= 4 is 12.0 Å². The van der Waals surface area contributed by atoms with E-state index in [1.54, 1.807) is 12.1 Å². The SMILES string of the molecule is C[C@]12Cc3cnn(-c4ccc(F)cc4)c3C=C1CC[C@@H]2CC(NC(=O)CC1CCCCC1)c1ccccc1. The van der Waals surface area contributed by atoms with Crippen molar-refractivity contribution < 1.29 is 9.18 Å². The summed E-state index contributed by atoms with van der Waals surface area (Å²) in [5.74, 6) is 0.971. The van der Waals surface area contributed by atoms with Gasteiger partial charge in [0.2, 0.25) is 5.91 Å². The smallest absolute Gasteiger partial charge is 0.220 e. The molecule has 0 saturated heterocycles. The van der Waals surface area contributed by atoms with E-state index in [0.717, 1.165) is 37.1 Å². The number of amides is 1. The Kier molecular flexibility index (Phi) is 6.94. The summed E-state index contributed by atoms with van der Waals surface area (Å²) in [5.41, 5.74) is 5.96. The first kappa shape index (κ1) is 25.1. The molecule has 0 aliphatic heterocycles. The molecule has 1 N–H and O–H groups in total. The number of nitrogens with one attached hydrogen (secondary N) is 1. The predicted molar refractivity (Wildman–Crippen MR) is 149 cm³/mol. The van der Waals surface area contributed by atoms with Gasteiger partial charge in [0.25, 0.3) is 0 Å². The zero-order valence-electron chi connectivity index (χ0n) is 22.3. The van der Waals surface area contributed by atoms with Crippen LogP contribution in [-0.4, -0.2) is 15.7 Å². The molecule has 3 aliphatic rings. The lowest BCUT2D eigenvalue weighted by Gasteiger charge is -2.38. The average Bonchev–Trinajstić information content (AvgIpc) is 3.48. The maximum atomic E-state index is 13.5. The molecule has 1 amide bonds. The van der Waals surface area contributed by atoms with E-state index in [0.29, 0.717) is 18.3 Å². The summed E-state index contributed by atoms with van der Waals surface area (Å²) in [7, 11) is 0. The normalized spacial score (nSPS) is 23.8. The van der Waals surface area contributed by atoms with Crippen molar-refractivity contribution in [3.8, 4) is 5.69 Å². The van der Waals surface area contributed by atoms with E-state index < -0.39 is 0 Å². The van der Waals surface area contributed by atoms with E-state index in [1.165, 1.54) is 60.9 Å². The summed E-state index contributed by atoms with van der Waals surface area (Å²) in [4.78, 5) is 13.2. The molecule has 3 aromatic rings. The molecule has 0 spiro atoms. The summed E-state index contributed by atoms with van der Waals surface area (Å²) in [6.07, 6.45) is 15.2. The van der Waals surface area contributed by atoms with Crippen LogP contribution in [0.2, 0.25) is 0 Å². The van der Waals surface area contributed by atoms with E-state index >= 15 is 0 Å². The molecule has 2 fully saturated rings. The van der Waals surface area contributed by atoms with Gasteiger partial charge in [-0.25, -0.2) is 9.07 Å². The largest absolute Gasteiger partial charge is 0.349 e. The van der Waals surface area contributed by atoms with E-state index in [4.69, 9.17) is 0 Å². The van der Waals surface area contributed by atoms with Crippen LogP contribution < -0.4 is 5.32 Å². The summed E-state index contributed by atoms with van der Waals surface area (Å²) < 4.78 is 15.4. The molecule has 2 aromatic carbocycles. The zero-order chi connectivity index (χ0) is 26.1. The van der Waals surface area contributed by atoms with Gasteiger partial charge in [0.05, 0.1) is 23.6 Å². The Morgan fingerprint density at radius 1 is 1.08 bits per heavy atom. The Bertz CT molecular complexity index is 1310. The molecule has 0 radical (unpaired) electrons. The molecule has 5 heteroatoms. The molecule has 38 heavy (non-hydrogen) atoms. The Balaban J connectivity index is 1.22. The Morgan fingerprint density at radius 3 is 2.61 bits per heavy atom. The maximum absolute atomic E-state index is 13.5. The average molecular weight is 512 g/mol. The maximum Gasteiger partial charge on any atom is 0.220 e. The summed E-state index contributed by atoms with van der Waals surface area (Å²) in [6.45, 7) is 2.40. The number of fused-ring (bicyclic) bond motifs is 2. The molecule has 1 unspecified atom stereocenters. The highest BCUT2D eigenvalue weighted by atomic mass is 19.1. The second kappa shape index (κ2) is 10.5. The monoisotopic (exact) mass is 511 g/mol. The minimum absolute atomic E-state index is 0.0248. The third kappa shape index (κ3) is 4.95. The number of carbonyl (C=O) groups is 1. The number of allylic oxidation sites excluding steroid dienone is 1. The number of rotatable bonds is 7. The van der Waals surface area contributed by atoms with E-state index in [2.05, 4.69) is 47.7 Å². The molecule has 3 aliphatic carbocycles. The van der Waals surface area contributed by atoms with Crippen molar-refractivity contribution in [2.24, 2.45) is 17.3 Å². The summed E-state index contributed by atoms with van der Waals surface area (Å²) in [5, 5.41) is 8.14. The van der Waals surface area contributed by atoms with Crippen LogP contribution in [0.25, 0.3) is 11.8 Å². The highest BCUT2D eigenvalue weighted by Gasteiger charge is 2.46. The van der Waals surface area contributed by atoms with Crippen molar-refractivity contribution in [2.45, 2.75) is 77.2 Å². The summed E-state index contributed by atoms with van der Waals surface area (Å²) >= 11 is 0. The lowest BCUT2D eigenvalue weighted by Crippen LogP contribution is -2.35. The first-order valence-electron chi connectivity index (χ1n) is 14.4. The van der Waals surface area contributed by atoms with Crippen LogP contribution in [0.4, 0.5) is 4.39 Å². The molecule has 1 aromatic heterocycles. The van der Waals surface area contributed by atoms with Gasteiger partial charge < -0.3 is 5.32 Å². The topological polar surface area (TPSA) is 46.9 Å². The van der Waals surface area contributed by atoms with Crippen LogP contribution in [0.5, 0.6) is 0 Å².